The Hall–Kier alpha value is -3.15. The van der Waals surface area contributed by atoms with Gasteiger partial charge in [-0.2, -0.15) is 0 Å². The summed E-state index contributed by atoms with van der Waals surface area (Å²) in [6, 6.07) is 17.0. The number of carbonyl (C=O) groups is 3. The van der Waals surface area contributed by atoms with E-state index < -0.39 is 0 Å². The lowest BCUT2D eigenvalue weighted by molar-refractivity contribution is -0.144. The van der Waals surface area contributed by atoms with E-state index in [2.05, 4.69) is 5.32 Å². The third-order valence-electron chi connectivity index (χ3n) is 5.31. The van der Waals surface area contributed by atoms with Crippen molar-refractivity contribution in [1.82, 2.24) is 4.90 Å². The summed E-state index contributed by atoms with van der Waals surface area (Å²) in [5.41, 5.74) is 2.33. The van der Waals surface area contributed by atoms with Crippen molar-refractivity contribution in [2.45, 2.75) is 44.9 Å². The number of benzene rings is 2. The largest absolute Gasteiger partial charge is 0.466 e. The Morgan fingerprint density at radius 2 is 1.68 bits per heavy atom. The zero-order valence-electron chi connectivity index (χ0n) is 17.8. The third kappa shape index (κ3) is 7.55. The summed E-state index contributed by atoms with van der Waals surface area (Å²) in [4.78, 5) is 38.6. The molecule has 0 aromatic heterocycles. The minimum Gasteiger partial charge on any atom is -0.466 e. The molecule has 1 heterocycles. The molecule has 0 radical (unpaired) electrons. The van der Waals surface area contributed by atoms with E-state index in [0.29, 0.717) is 17.9 Å². The number of anilines is 1. The van der Waals surface area contributed by atoms with Crippen LogP contribution in [0.4, 0.5) is 5.69 Å². The van der Waals surface area contributed by atoms with Gasteiger partial charge < -0.3 is 15.0 Å². The number of hydrogen-bond acceptors (Lipinski definition) is 4. The van der Waals surface area contributed by atoms with Crippen molar-refractivity contribution in [3.63, 3.8) is 0 Å². The quantitative estimate of drug-likeness (QED) is 0.485. The van der Waals surface area contributed by atoms with Crippen LogP contribution in [-0.4, -0.2) is 42.4 Å². The molecule has 0 spiro atoms. The number of esters is 1. The van der Waals surface area contributed by atoms with Gasteiger partial charge in [0, 0.05) is 30.8 Å². The van der Waals surface area contributed by atoms with Gasteiger partial charge in [-0.25, -0.2) is 0 Å². The highest BCUT2D eigenvalue weighted by atomic mass is 16.5. The highest BCUT2D eigenvalue weighted by molar-refractivity contribution is 5.97. The number of piperidine rings is 1. The van der Waals surface area contributed by atoms with Crippen molar-refractivity contribution >= 4 is 23.5 Å². The summed E-state index contributed by atoms with van der Waals surface area (Å²) in [6.07, 6.45) is 4.90. The Bertz CT molecular complexity index is 876. The minimum atomic E-state index is -0.378. The number of nitrogens with one attached hydrogen (secondary N) is 1. The molecule has 1 aliphatic heterocycles. The van der Waals surface area contributed by atoms with Crippen molar-refractivity contribution in [3.8, 4) is 0 Å². The molecule has 1 N–H and O–H groups in total. The highest BCUT2D eigenvalue weighted by Gasteiger charge is 2.18. The highest BCUT2D eigenvalue weighted by Crippen LogP contribution is 2.17. The molecule has 2 aromatic carbocycles. The SMILES string of the molecule is O=C(CCC(=O)OCCCc1ccccc1)Nc1cccc(C(=O)N2CCCCC2)c1. The van der Waals surface area contributed by atoms with Crippen LogP contribution < -0.4 is 5.32 Å². The van der Waals surface area contributed by atoms with Gasteiger partial charge in [-0.3, -0.25) is 14.4 Å². The maximum Gasteiger partial charge on any atom is 0.306 e. The van der Waals surface area contributed by atoms with Gasteiger partial charge in [-0.1, -0.05) is 36.4 Å². The first-order valence-corrected chi connectivity index (χ1v) is 11.0. The van der Waals surface area contributed by atoms with Gasteiger partial charge in [0.25, 0.3) is 5.91 Å². The van der Waals surface area contributed by atoms with Crippen molar-refractivity contribution in [1.29, 1.82) is 0 Å². The van der Waals surface area contributed by atoms with Crippen molar-refractivity contribution < 1.29 is 19.1 Å². The second-order valence-electron chi connectivity index (χ2n) is 7.79. The Labute approximate surface area is 183 Å². The number of amides is 2. The van der Waals surface area contributed by atoms with E-state index >= 15 is 0 Å². The topological polar surface area (TPSA) is 75.7 Å². The summed E-state index contributed by atoms with van der Waals surface area (Å²) in [6.45, 7) is 1.90. The second-order valence-corrected chi connectivity index (χ2v) is 7.79. The van der Waals surface area contributed by atoms with Crippen LogP contribution in [0.25, 0.3) is 0 Å². The van der Waals surface area contributed by atoms with E-state index in [-0.39, 0.29) is 30.6 Å². The second kappa shape index (κ2) is 11.9. The van der Waals surface area contributed by atoms with E-state index in [1.54, 1.807) is 24.3 Å². The Morgan fingerprint density at radius 3 is 2.45 bits per heavy atom. The molecule has 0 saturated carbocycles. The van der Waals surface area contributed by atoms with Crippen LogP contribution in [0.15, 0.2) is 54.6 Å². The van der Waals surface area contributed by atoms with E-state index in [1.807, 2.05) is 35.2 Å². The molecule has 0 unspecified atom stereocenters. The van der Waals surface area contributed by atoms with Gasteiger partial charge >= 0.3 is 5.97 Å². The number of rotatable bonds is 9. The Kier molecular flexibility index (Phi) is 8.64. The first-order valence-electron chi connectivity index (χ1n) is 11.0. The molecule has 3 rings (SSSR count). The molecule has 0 bridgehead atoms. The molecule has 2 amide bonds. The summed E-state index contributed by atoms with van der Waals surface area (Å²) >= 11 is 0. The van der Waals surface area contributed by atoms with Crippen LogP contribution in [0.5, 0.6) is 0 Å². The molecule has 1 aliphatic rings. The predicted octanol–water partition coefficient (Wildman–Crippen LogP) is 4.21. The number of nitrogens with zero attached hydrogens (tertiary/aromatic N) is 1. The zero-order chi connectivity index (χ0) is 21.9. The van der Waals surface area contributed by atoms with E-state index in [1.165, 1.54) is 5.56 Å². The van der Waals surface area contributed by atoms with Crippen LogP contribution in [-0.2, 0) is 20.7 Å². The number of ether oxygens (including phenoxy) is 1. The Morgan fingerprint density at radius 1 is 0.903 bits per heavy atom. The standard InChI is InChI=1S/C25H30N2O4/c28-23(14-15-24(29)31-18-8-11-20-9-3-1-4-10-20)26-22-13-7-12-21(19-22)25(30)27-16-5-2-6-17-27/h1,3-4,7,9-10,12-13,19H,2,5-6,8,11,14-18H2,(H,26,28). The third-order valence-corrected chi connectivity index (χ3v) is 5.31. The minimum absolute atomic E-state index is 0.00474. The van der Waals surface area contributed by atoms with Crippen LogP contribution in [0, 0.1) is 0 Å². The molecule has 164 valence electrons. The normalized spacial score (nSPS) is 13.5. The molecule has 1 saturated heterocycles. The van der Waals surface area contributed by atoms with Crippen LogP contribution in [0.1, 0.15) is 54.4 Å². The number of likely N-dealkylation sites (tertiary alicyclic amines) is 1. The molecule has 1 fully saturated rings. The Balaban J connectivity index is 1.37. The van der Waals surface area contributed by atoms with Crippen molar-refractivity contribution in [3.05, 3.63) is 65.7 Å². The smallest absolute Gasteiger partial charge is 0.306 e. The first-order chi connectivity index (χ1) is 15.1. The molecular formula is C25H30N2O4. The van der Waals surface area contributed by atoms with Crippen molar-refractivity contribution in [2.75, 3.05) is 25.0 Å². The lowest BCUT2D eigenvalue weighted by Crippen LogP contribution is -2.35. The predicted molar refractivity (Wildman–Crippen MR) is 120 cm³/mol. The van der Waals surface area contributed by atoms with Crippen LogP contribution >= 0.6 is 0 Å². The fourth-order valence-corrected chi connectivity index (χ4v) is 3.63. The number of carbonyl (C=O) groups excluding carboxylic acids is 3. The summed E-state index contributed by atoms with van der Waals surface area (Å²) in [5, 5.41) is 2.77. The average Bonchev–Trinajstić information content (AvgIpc) is 2.81. The molecule has 0 aliphatic carbocycles. The maximum atomic E-state index is 12.6. The van der Waals surface area contributed by atoms with Crippen LogP contribution in [0.2, 0.25) is 0 Å². The van der Waals surface area contributed by atoms with Gasteiger partial charge in [0.15, 0.2) is 0 Å². The number of aryl methyl sites for hydroxylation is 1. The number of hydrogen-bond donors (Lipinski definition) is 1. The lowest BCUT2D eigenvalue weighted by atomic mass is 10.1. The van der Waals surface area contributed by atoms with Gasteiger partial charge in [0.1, 0.15) is 0 Å². The molecule has 6 heteroatoms. The maximum absolute atomic E-state index is 12.6. The van der Waals surface area contributed by atoms with Gasteiger partial charge in [-0.05, 0) is 55.9 Å². The fraction of sp³-hybridized carbons (Fsp3) is 0.400. The molecular weight excluding hydrogens is 392 g/mol. The summed E-state index contributed by atoms with van der Waals surface area (Å²) in [5.74, 6) is -0.657. The van der Waals surface area contributed by atoms with Gasteiger partial charge in [-0.15, -0.1) is 0 Å². The fourth-order valence-electron chi connectivity index (χ4n) is 3.63. The molecule has 6 nitrogen and oxygen atoms in total. The van der Waals surface area contributed by atoms with Gasteiger partial charge in [0.2, 0.25) is 5.91 Å². The zero-order valence-corrected chi connectivity index (χ0v) is 17.8. The molecule has 2 aromatic rings. The lowest BCUT2D eigenvalue weighted by Gasteiger charge is -2.26. The average molecular weight is 423 g/mol. The van der Waals surface area contributed by atoms with E-state index in [4.69, 9.17) is 4.74 Å². The first kappa shape index (κ1) is 22.5. The van der Waals surface area contributed by atoms with E-state index in [0.717, 1.165) is 45.2 Å². The van der Waals surface area contributed by atoms with Crippen LogP contribution in [0.3, 0.4) is 0 Å². The van der Waals surface area contributed by atoms with E-state index in [9.17, 15) is 14.4 Å². The molecule has 0 atom stereocenters. The molecule has 31 heavy (non-hydrogen) atoms. The summed E-state index contributed by atoms with van der Waals surface area (Å²) in [7, 11) is 0. The van der Waals surface area contributed by atoms with Gasteiger partial charge in [0.05, 0.1) is 13.0 Å². The monoisotopic (exact) mass is 422 g/mol. The van der Waals surface area contributed by atoms with Crippen molar-refractivity contribution in [2.24, 2.45) is 0 Å². The summed E-state index contributed by atoms with van der Waals surface area (Å²) < 4.78 is 5.21.